The van der Waals surface area contributed by atoms with Crippen molar-refractivity contribution >= 4 is 22.1 Å². The van der Waals surface area contributed by atoms with Gasteiger partial charge in [0.1, 0.15) is 0 Å². The van der Waals surface area contributed by atoms with Crippen molar-refractivity contribution < 1.29 is 42.5 Å². The molecule has 0 amide bonds. The summed E-state index contributed by atoms with van der Waals surface area (Å²) in [5.41, 5.74) is 0. The van der Waals surface area contributed by atoms with Crippen LogP contribution < -0.4 is 34.3 Å². The molecule has 0 radical (unpaired) electrons. The molecule has 66 valence electrons. The summed E-state index contributed by atoms with van der Waals surface area (Å²) in [6.07, 6.45) is 1.54. The molecule has 0 saturated carbocycles. The molecule has 7 heteroatoms. The summed E-state index contributed by atoms with van der Waals surface area (Å²) >= 11 is 1.79. The minimum Gasteiger partial charge on any atom is -0.735 e. The van der Waals surface area contributed by atoms with E-state index in [1.54, 1.807) is 11.8 Å². The van der Waals surface area contributed by atoms with Crippen LogP contribution in [0.25, 0.3) is 0 Å². The van der Waals surface area contributed by atoms with Gasteiger partial charge in [-0.05, 0) is 24.3 Å². The Labute approximate surface area is 99.0 Å². The molecular formula is C5H10NNaO3S2. The average molecular weight is 219 g/mol. The van der Waals surface area contributed by atoms with Gasteiger partial charge in [-0.15, -0.1) is 0 Å². The van der Waals surface area contributed by atoms with Gasteiger partial charge in [0.25, 0.3) is 0 Å². The SMILES string of the molecule is O=S(=O)([O-])NC1CCSCC1.[Na+]. The van der Waals surface area contributed by atoms with E-state index in [0.29, 0.717) is 0 Å². The number of hydrogen-bond acceptors (Lipinski definition) is 4. The summed E-state index contributed by atoms with van der Waals surface area (Å²) in [4.78, 5) is 0. The molecule has 0 unspecified atom stereocenters. The first kappa shape index (κ1) is 13.2. The Morgan fingerprint density at radius 2 is 1.83 bits per heavy atom. The second kappa shape index (κ2) is 5.85. The smallest absolute Gasteiger partial charge is 0.735 e. The minimum atomic E-state index is -4.23. The molecule has 0 aliphatic carbocycles. The Morgan fingerprint density at radius 3 is 2.25 bits per heavy atom. The molecule has 0 atom stereocenters. The van der Waals surface area contributed by atoms with E-state index in [2.05, 4.69) is 4.72 Å². The van der Waals surface area contributed by atoms with Crippen LogP contribution in [-0.2, 0) is 10.3 Å². The Morgan fingerprint density at radius 1 is 1.33 bits per heavy atom. The van der Waals surface area contributed by atoms with Gasteiger partial charge in [0.2, 0.25) is 0 Å². The summed E-state index contributed by atoms with van der Waals surface area (Å²) < 4.78 is 32.7. The predicted octanol–water partition coefficient (Wildman–Crippen LogP) is -3.06. The second-order valence-electron chi connectivity index (χ2n) is 2.46. The molecule has 1 N–H and O–H groups in total. The Hall–Kier alpha value is 1.22. The van der Waals surface area contributed by atoms with Gasteiger partial charge >= 0.3 is 29.6 Å². The maximum absolute atomic E-state index is 10.2. The van der Waals surface area contributed by atoms with Crippen LogP contribution in [0.3, 0.4) is 0 Å². The summed E-state index contributed by atoms with van der Waals surface area (Å²) in [5, 5.41) is 0. The van der Waals surface area contributed by atoms with Crippen LogP contribution in [0.5, 0.6) is 0 Å². The van der Waals surface area contributed by atoms with Crippen molar-refractivity contribution in [2.24, 2.45) is 0 Å². The molecule has 1 heterocycles. The molecule has 0 aromatic heterocycles. The monoisotopic (exact) mass is 219 g/mol. The van der Waals surface area contributed by atoms with E-state index in [0.717, 1.165) is 24.3 Å². The van der Waals surface area contributed by atoms with Crippen LogP contribution >= 0.6 is 11.8 Å². The zero-order chi connectivity index (χ0) is 8.32. The molecule has 1 rings (SSSR count). The maximum Gasteiger partial charge on any atom is 1.00 e. The number of hydrogen-bond donors (Lipinski definition) is 1. The molecule has 1 fully saturated rings. The van der Waals surface area contributed by atoms with E-state index in [1.807, 2.05) is 0 Å². The van der Waals surface area contributed by atoms with Gasteiger partial charge in [-0.2, -0.15) is 11.8 Å². The summed E-state index contributed by atoms with van der Waals surface area (Å²) in [6, 6.07) is -0.126. The summed E-state index contributed by atoms with van der Waals surface area (Å²) in [5.74, 6) is 1.88. The topological polar surface area (TPSA) is 69.2 Å². The first-order valence-corrected chi connectivity index (χ1v) is 5.95. The number of thioether (sulfide) groups is 1. The molecule has 1 saturated heterocycles. The van der Waals surface area contributed by atoms with E-state index in [1.165, 1.54) is 0 Å². The molecule has 0 bridgehead atoms. The van der Waals surface area contributed by atoms with Gasteiger partial charge in [0, 0.05) is 6.04 Å². The van der Waals surface area contributed by atoms with Crippen LogP contribution in [0.1, 0.15) is 12.8 Å². The van der Waals surface area contributed by atoms with Crippen molar-refractivity contribution in [3.8, 4) is 0 Å². The van der Waals surface area contributed by atoms with Crippen LogP contribution in [0.2, 0.25) is 0 Å². The fourth-order valence-electron chi connectivity index (χ4n) is 1.02. The van der Waals surface area contributed by atoms with Crippen molar-refractivity contribution in [1.82, 2.24) is 4.72 Å². The van der Waals surface area contributed by atoms with Crippen LogP contribution in [0.4, 0.5) is 0 Å². The fraction of sp³-hybridized carbons (Fsp3) is 1.00. The van der Waals surface area contributed by atoms with Gasteiger partial charge in [-0.1, -0.05) is 0 Å². The Bertz CT molecular complexity index is 213. The molecule has 12 heavy (non-hydrogen) atoms. The van der Waals surface area contributed by atoms with E-state index in [9.17, 15) is 13.0 Å². The molecule has 1 aliphatic rings. The first-order valence-electron chi connectivity index (χ1n) is 3.39. The van der Waals surface area contributed by atoms with E-state index < -0.39 is 10.3 Å². The molecule has 4 nitrogen and oxygen atoms in total. The van der Waals surface area contributed by atoms with Gasteiger partial charge in [0.15, 0.2) is 10.3 Å². The van der Waals surface area contributed by atoms with Gasteiger partial charge in [-0.25, -0.2) is 13.1 Å². The third kappa shape index (κ3) is 5.80. The minimum absolute atomic E-state index is 0. The van der Waals surface area contributed by atoms with Crippen LogP contribution in [0.15, 0.2) is 0 Å². The molecule has 0 aromatic rings. The quantitative estimate of drug-likeness (QED) is 0.395. The molecule has 0 aromatic carbocycles. The average Bonchev–Trinajstić information content (AvgIpc) is 1.85. The van der Waals surface area contributed by atoms with Crippen molar-refractivity contribution in [2.75, 3.05) is 11.5 Å². The van der Waals surface area contributed by atoms with E-state index in [-0.39, 0.29) is 35.6 Å². The molecule has 0 spiro atoms. The second-order valence-corrected chi connectivity index (χ2v) is 4.83. The van der Waals surface area contributed by atoms with Gasteiger partial charge in [-0.3, -0.25) is 0 Å². The summed E-state index contributed by atoms with van der Waals surface area (Å²) in [6.45, 7) is 0. The third-order valence-corrected chi connectivity index (χ3v) is 3.20. The van der Waals surface area contributed by atoms with Crippen LogP contribution in [-0.4, -0.2) is 30.5 Å². The fourth-order valence-corrected chi connectivity index (χ4v) is 2.77. The van der Waals surface area contributed by atoms with Gasteiger partial charge < -0.3 is 4.55 Å². The van der Waals surface area contributed by atoms with E-state index >= 15 is 0 Å². The Balaban J connectivity index is 0.00000121. The maximum atomic E-state index is 10.2. The standard InChI is InChI=1S/C5H11NO3S2.Na/c7-11(8,9)6-5-1-3-10-4-2-5;/h5-6H,1-4H2,(H,7,8,9);/q;+1/p-1. The van der Waals surface area contributed by atoms with Crippen molar-refractivity contribution in [2.45, 2.75) is 18.9 Å². The number of nitrogens with one attached hydrogen (secondary N) is 1. The van der Waals surface area contributed by atoms with Crippen molar-refractivity contribution in [3.63, 3.8) is 0 Å². The van der Waals surface area contributed by atoms with Crippen molar-refractivity contribution in [1.29, 1.82) is 0 Å². The van der Waals surface area contributed by atoms with E-state index in [4.69, 9.17) is 0 Å². The molecular weight excluding hydrogens is 209 g/mol. The zero-order valence-electron chi connectivity index (χ0n) is 6.95. The largest absolute Gasteiger partial charge is 1.00 e. The van der Waals surface area contributed by atoms with Gasteiger partial charge in [0.05, 0.1) is 0 Å². The zero-order valence-corrected chi connectivity index (χ0v) is 10.6. The normalized spacial score (nSPS) is 20.1. The summed E-state index contributed by atoms with van der Waals surface area (Å²) in [7, 11) is -4.23. The molecule has 1 aliphatic heterocycles. The Kier molecular flexibility index (Phi) is 6.44. The van der Waals surface area contributed by atoms with Crippen LogP contribution in [0, 0.1) is 0 Å². The number of rotatable bonds is 2. The first-order chi connectivity index (χ1) is 5.08. The van der Waals surface area contributed by atoms with Crippen molar-refractivity contribution in [3.05, 3.63) is 0 Å². The third-order valence-electron chi connectivity index (χ3n) is 1.53. The predicted molar refractivity (Wildman–Crippen MR) is 43.2 cm³/mol.